The molecule has 0 unspecified atom stereocenters. The van der Waals surface area contributed by atoms with E-state index in [1.165, 1.54) is 0 Å². The maximum absolute atomic E-state index is 10.2. The summed E-state index contributed by atoms with van der Waals surface area (Å²) in [6.45, 7) is 0. The largest absolute Gasteiger partial charge is 0.301 e. The first kappa shape index (κ1) is 9.54. The minimum Gasteiger partial charge on any atom is -0.301 e. The highest BCUT2D eigenvalue weighted by Crippen LogP contribution is 1.86. The minimum absolute atomic E-state index is 0.299. The SMILES string of the molecule is CN[C@@H](C#CCSC)C=O. The van der Waals surface area contributed by atoms with Crippen molar-refractivity contribution >= 4 is 18.0 Å². The zero-order chi connectivity index (χ0) is 7.82. The fourth-order valence-electron chi connectivity index (χ4n) is 0.398. The van der Waals surface area contributed by atoms with Crippen LogP contribution >= 0.6 is 11.8 Å². The van der Waals surface area contributed by atoms with E-state index >= 15 is 0 Å². The number of rotatable bonds is 3. The van der Waals surface area contributed by atoms with Crippen LogP contribution in [0.15, 0.2) is 0 Å². The molecule has 56 valence electrons. The molecule has 0 aliphatic carbocycles. The molecule has 0 aromatic carbocycles. The van der Waals surface area contributed by atoms with Crippen LogP contribution in [0.1, 0.15) is 0 Å². The van der Waals surface area contributed by atoms with Crippen molar-refractivity contribution in [2.24, 2.45) is 0 Å². The van der Waals surface area contributed by atoms with Crippen molar-refractivity contribution in [1.29, 1.82) is 0 Å². The Morgan fingerprint density at radius 2 is 2.50 bits per heavy atom. The summed E-state index contributed by atoms with van der Waals surface area (Å²) in [5.41, 5.74) is 0. The number of carbonyl (C=O) groups is 1. The van der Waals surface area contributed by atoms with Crippen LogP contribution in [0.3, 0.4) is 0 Å². The molecule has 0 saturated carbocycles. The zero-order valence-electron chi connectivity index (χ0n) is 6.18. The lowest BCUT2D eigenvalue weighted by atomic mass is 10.3. The summed E-state index contributed by atoms with van der Waals surface area (Å²) in [4.78, 5) is 10.2. The normalized spacial score (nSPS) is 11.4. The maximum Gasteiger partial charge on any atom is 0.149 e. The standard InChI is InChI=1S/C7H11NOS/c1-8-7(6-9)4-3-5-10-2/h6-8H,5H2,1-2H3/t7-/m0/s1. The molecule has 0 radical (unpaired) electrons. The molecule has 0 rings (SSSR count). The van der Waals surface area contributed by atoms with Gasteiger partial charge in [-0.3, -0.25) is 0 Å². The summed E-state index contributed by atoms with van der Waals surface area (Å²) in [6, 6.07) is -0.299. The molecule has 0 bridgehead atoms. The van der Waals surface area contributed by atoms with Crippen molar-refractivity contribution in [2.75, 3.05) is 19.1 Å². The summed E-state index contributed by atoms with van der Waals surface area (Å²) in [6.07, 6.45) is 2.78. The van der Waals surface area contributed by atoms with E-state index in [4.69, 9.17) is 0 Å². The summed E-state index contributed by atoms with van der Waals surface area (Å²) in [5, 5.41) is 2.76. The fourth-order valence-corrected chi connectivity index (χ4v) is 0.626. The predicted octanol–water partition coefficient (Wildman–Crippen LogP) is 0.140. The molecular weight excluding hydrogens is 146 g/mol. The van der Waals surface area contributed by atoms with Gasteiger partial charge in [0.05, 0.1) is 5.75 Å². The molecule has 0 saturated heterocycles. The topological polar surface area (TPSA) is 29.1 Å². The van der Waals surface area contributed by atoms with E-state index in [0.717, 1.165) is 12.0 Å². The Hall–Kier alpha value is -0.460. The van der Waals surface area contributed by atoms with Crippen LogP contribution in [0.2, 0.25) is 0 Å². The average Bonchev–Trinajstić information content (AvgIpc) is 1.99. The lowest BCUT2D eigenvalue weighted by Crippen LogP contribution is -2.24. The number of nitrogens with one attached hydrogen (secondary N) is 1. The molecule has 0 fully saturated rings. The third-order valence-corrected chi connectivity index (χ3v) is 1.35. The number of carbonyl (C=O) groups excluding carboxylic acids is 1. The van der Waals surface area contributed by atoms with Gasteiger partial charge in [0.1, 0.15) is 12.3 Å². The molecular formula is C7H11NOS. The Morgan fingerprint density at radius 1 is 1.80 bits per heavy atom. The van der Waals surface area contributed by atoms with E-state index in [9.17, 15) is 4.79 Å². The Bertz CT molecular complexity index is 147. The second-order valence-electron chi connectivity index (χ2n) is 1.66. The van der Waals surface area contributed by atoms with E-state index in [-0.39, 0.29) is 6.04 Å². The molecule has 0 aromatic rings. The highest BCUT2D eigenvalue weighted by atomic mass is 32.2. The van der Waals surface area contributed by atoms with Gasteiger partial charge in [0.15, 0.2) is 0 Å². The van der Waals surface area contributed by atoms with E-state index in [2.05, 4.69) is 17.2 Å². The third kappa shape index (κ3) is 4.42. The van der Waals surface area contributed by atoms with Gasteiger partial charge < -0.3 is 10.1 Å². The number of hydrogen-bond donors (Lipinski definition) is 1. The molecule has 0 spiro atoms. The van der Waals surface area contributed by atoms with Gasteiger partial charge in [-0.2, -0.15) is 11.8 Å². The molecule has 0 aromatic heterocycles. The molecule has 1 N–H and O–H groups in total. The second-order valence-corrected chi connectivity index (χ2v) is 2.52. The van der Waals surface area contributed by atoms with Crippen LogP contribution in [-0.2, 0) is 4.79 Å². The first-order valence-corrected chi connectivity index (χ1v) is 4.34. The van der Waals surface area contributed by atoms with E-state index in [1.54, 1.807) is 18.8 Å². The summed E-state index contributed by atoms with van der Waals surface area (Å²) >= 11 is 1.65. The molecule has 10 heavy (non-hydrogen) atoms. The third-order valence-electron chi connectivity index (χ3n) is 0.921. The van der Waals surface area contributed by atoms with Gasteiger partial charge in [0.25, 0.3) is 0 Å². The monoisotopic (exact) mass is 157 g/mol. The number of thioether (sulfide) groups is 1. The molecule has 0 amide bonds. The van der Waals surface area contributed by atoms with Gasteiger partial charge in [-0.25, -0.2) is 0 Å². The van der Waals surface area contributed by atoms with Crippen molar-refractivity contribution in [2.45, 2.75) is 6.04 Å². The maximum atomic E-state index is 10.2. The smallest absolute Gasteiger partial charge is 0.149 e. The van der Waals surface area contributed by atoms with E-state index in [0.29, 0.717) is 0 Å². The van der Waals surface area contributed by atoms with Crippen LogP contribution < -0.4 is 5.32 Å². The molecule has 0 aliphatic heterocycles. The summed E-state index contributed by atoms with van der Waals surface area (Å²) < 4.78 is 0. The molecule has 0 aliphatic rings. The van der Waals surface area contributed by atoms with Crippen LogP contribution in [0.25, 0.3) is 0 Å². The van der Waals surface area contributed by atoms with Crippen LogP contribution in [0.4, 0.5) is 0 Å². The fraction of sp³-hybridized carbons (Fsp3) is 0.571. The highest BCUT2D eigenvalue weighted by Gasteiger charge is 1.93. The highest BCUT2D eigenvalue weighted by molar-refractivity contribution is 7.98. The van der Waals surface area contributed by atoms with E-state index < -0.39 is 0 Å². The van der Waals surface area contributed by atoms with Crippen LogP contribution in [0, 0.1) is 11.8 Å². The van der Waals surface area contributed by atoms with E-state index in [1.807, 2.05) is 6.26 Å². The number of hydrogen-bond acceptors (Lipinski definition) is 3. The predicted molar refractivity (Wildman–Crippen MR) is 45.1 cm³/mol. The quantitative estimate of drug-likeness (QED) is 0.467. The van der Waals surface area contributed by atoms with Gasteiger partial charge >= 0.3 is 0 Å². The van der Waals surface area contributed by atoms with Gasteiger partial charge in [0.2, 0.25) is 0 Å². The Balaban J connectivity index is 3.63. The summed E-state index contributed by atoms with van der Waals surface area (Å²) in [5.74, 6) is 6.41. The van der Waals surface area contributed by atoms with Gasteiger partial charge in [0, 0.05) is 0 Å². The average molecular weight is 157 g/mol. The molecule has 3 heteroatoms. The lowest BCUT2D eigenvalue weighted by molar-refractivity contribution is -0.108. The minimum atomic E-state index is -0.299. The first-order chi connectivity index (χ1) is 4.85. The first-order valence-electron chi connectivity index (χ1n) is 2.95. The Kier molecular flexibility index (Phi) is 6.35. The van der Waals surface area contributed by atoms with Gasteiger partial charge in [-0.05, 0) is 13.3 Å². The molecule has 0 heterocycles. The Morgan fingerprint density at radius 3 is 2.90 bits per heavy atom. The van der Waals surface area contributed by atoms with Crippen molar-refractivity contribution in [3.63, 3.8) is 0 Å². The van der Waals surface area contributed by atoms with Gasteiger partial charge in [-0.15, -0.1) is 0 Å². The van der Waals surface area contributed by atoms with Crippen LogP contribution in [0.5, 0.6) is 0 Å². The molecule has 1 atom stereocenters. The Labute approximate surface area is 65.8 Å². The zero-order valence-corrected chi connectivity index (χ0v) is 6.99. The van der Waals surface area contributed by atoms with Gasteiger partial charge in [-0.1, -0.05) is 11.8 Å². The summed E-state index contributed by atoms with van der Waals surface area (Å²) in [7, 11) is 1.72. The van der Waals surface area contributed by atoms with Crippen molar-refractivity contribution in [3.05, 3.63) is 0 Å². The lowest BCUT2D eigenvalue weighted by Gasteiger charge is -1.95. The second kappa shape index (κ2) is 6.66. The van der Waals surface area contributed by atoms with Crippen LogP contribution in [-0.4, -0.2) is 31.4 Å². The van der Waals surface area contributed by atoms with Crippen molar-refractivity contribution in [3.8, 4) is 11.8 Å². The van der Waals surface area contributed by atoms with Crippen molar-refractivity contribution < 1.29 is 4.79 Å². The van der Waals surface area contributed by atoms with Crippen molar-refractivity contribution in [1.82, 2.24) is 5.32 Å². The molecule has 2 nitrogen and oxygen atoms in total. The number of aldehydes is 1. The number of likely N-dealkylation sites (N-methyl/N-ethyl adjacent to an activating group) is 1.